The molecular formula is C18H17F3N4O3S. The van der Waals surface area contributed by atoms with E-state index in [1.165, 1.54) is 18.2 Å². The number of halogens is 3. The first-order chi connectivity index (χ1) is 13.6. The van der Waals surface area contributed by atoms with Crippen LogP contribution in [0.4, 0.5) is 30.4 Å². The summed E-state index contributed by atoms with van der Waals surface area (Å²) in [5.41, 5.74) is 11.3. The summed E-state index contributed by atoms with van der Waals surface area (Å²) in [4.78, 5) is 16.7. The first kappa shape index (κ1) is 20.7. The molecule has 3 rings (SSSR count). The van der Waals surface area contributed by atoms with E-state index in [4.69, 9.17) is 16.2 Å². The first-order valence-electron chi connectivity index (χ1n) is 8.39. The average Bonchev–Trinajstić information content (AvgIpc) is 2.96. The predicted molar refractivity (Wildman–Crippen MR) is 104 cm³/mol. The Balaban J connectivity index is 1.93. The molecule has 0 amide bonds. The second-order valence-corrected chi connectivity index (χ2v) is 7.03. The molecule has 29 heavy (non-hydrogen) atoms. The van der Waals surface area contributed by atoms with Crippen LogP contribution in [0.3, 0.4) is 0 Å². The molecule has 1 atom stereocenters. The summed E-state index contributed by atoms with van der Waals surface area (Å²) in [6, 6.07) is 5.83. The van der Waals surface area contributed by atoms with Crippen LogP contribution in [0.5, 0.6) is 0 Å². The van der Waals surface area contributed by atoms with E-state index < -0.39 is 23.9 Å². The van der Waals surface area contributed by atoms with E-state index in [1.54, 1.807) is 6.92 Å². The summed E-state index contributed by atoms with van der Waals surface area (Å²) in [6.45, 7) is 1.80. The predicted octanol–water partition coefficient (Wildman–Crippen LogP) is 3.76. The SMILES string of the molecule is CCOC(=O)c1cc2c(N)c(C(O)Nc3cccc(C(F)(F)F)c3)sc2nc1N. The normalized spacial score (nSPS) is 12.7. The summed E-state index contributed by atoms with van der Waals surface area (Å²) >= 11 is 1.01. The van der Waals surface area contributed by atoms with Crippen molar-refractivity contribution in [2.24, 2.45) is 0 Å². The Hall–Kier alpha value is -3.05. The largest absolute Gasteiger partial charge is 0.462 e. The molecule has 0 saturated carbocycles. The third-order valence-corrected chi connectivity index (χ3v) is 5.18. The van der Waals surface area contributed by atoms with Crippen LogP contribution in [0.15, 0.2) is 30.3 Å². The highest BCUT2D eigenvalue weighted by atomic mass is 32.1. The van der Waals surface area contributed by atoms with Crippen LogP contribution in [0.2, 0.25) is 0 Å². The summed E-state index contributed by atoms with van der Waals surface area (Å²) in [5.74, 6) is -0.710. The number of rotatable bonds is 5. The molecule has 0 aliphatic rings. The number of aromatic nitrogens is 1. The minimum absolute atomic E-state index is 0.0377. The quantitative estimate of drug-likeness (QED) is 0.362. The van der Waals surface area contributed by atoms with Gasteiger partial charge in [-0.1, -0.05) is 6.07 Å². The molecule has 0 bridgehead atoms. The number of thiophene rings is 1. The number of anilines is 3. The molecule has 0 aliphatic heterocycles. The van der Waals surface area contributed by atoms with Crippen molar-refractivity contribution >= 4 is 44.7 Å². The Labute approximate surface area is 167 Å². The van der Waals surface area contributed by atoms with Gasteiger partial charge in [0.2, 0.25) is 0 Å². The van der Waals surface area contributed by atoms with Crippen molar-refractivity contribution in [3.05, 3.63) is 46.3 Å². The third kappa shape index (κ3) is 4.20. The van der Waals surface area contributed by atoms with Gasteiger partial charge in [0.05, 0.1) is 22.7 Å². The van der Waals surface area contributed by atoms with Gasteiger partial charge in [-0.25, -0.2) is 9.78 Å². The number of nitrogens with zero attached hydrogens (tertiary/aromatic N) is 1. The number of aliphatic hydroxyl groups excluding tert-OH is 1. The van der Waals surface area contributed by atoms with Crippen molar-refractivity contribution in [2.75, 3.05) is 23.4 Å². The van der Waals surface area contributed by atoms with Gasteiger partial charge in [0, 0.05) is 11.1 Å². The van der Waals surface area contributed by atoms with E-state index in [0.717, 1.165) is 23.5 Å². The zero-order chi connectivity index (χ0) is 21.3. The van der Waals surface area contributed by atoms with Crippen LogP contribution in [-0.2, 0) is 10.9 Å². The lowest BCUT2D eigenvalue weighted by Gasteiger charge is -2.15. The van der Waals surface area contributed by atoms with E-state index in [9.17, 15) is 23.1 Å². The molecular weight excluding hydrogens is 409 g/mol. The van der Waals surface area contributed by atoms with Gasteiger partial charge >= 0.3 is 12.1 Å². The van der Waals surface area contributed by atoms with Crippen molar-refractivity contribution in [2.45, 2.75) is 19.3 Å². The number of alkyl halides is 3. The van der Waals surface area contributed by atoms with Gasteiger partial charge in [-0.2, -0.15) is 13.2 Å². The van der Waals surface area contributed by atoms with Crippen LogP contribution in [0.1, 0.15) is 34.0 Å². The van der Waals surface area contributed by atoms with Gasteiger partial charge in [-0.15, -0.1) is 11.3 Å². The highest BCUT2D eigenvalue weighted by Crippen LogP contribution is 2.39. The standard InChI is InChI=1S/C18H17F3N4O3S/c1-2-28-17(27)11-7-10-12(22)13(29-16(10)25-14(11)23)15(26)24-9-5-3-4-8(6-9)18(19,20)21/h3-7,15,24,26H,2,22H2,1H3,(H2,23,25). The number of nitrogens with two attached hydrogens (primary N) is 2. The van der Waals surface area contributed by atoms with Crippen LogP contribution < -0.4 is 16.8 Å². The molecule has 0 saturated heterocycles. The molecule has 0 fully saturated rings. The van der Waals surface area contributed by atoms with E-state index >= 15 is 0 Å². The minimum Gasteiger partial charge on any atom is -0.462 e. The number of benzene rings is 1. The second-order valence-electron chi connectivity index (χ2n) is 6.00. The van der Waals surface area contributed by atoms with Gasteiger partial charge in [0.25, 0.3) is 0 Å². The van der Waals surface area contributed by atoms with Gasteiger partial charge in [-0.05, 0) is 31.2 Å². The van der Waals surface area contributed by atoms with Crippen molar-refractivity contribution in [1.29, 1.82) is 0 Å². The van der Waals surface area contributed by atoms with Crippen molar-refractivity contribution in [1.82, 2.24) is 4.98 Å². The van der Waals surface area contributed by atoms with Crippen molar-refractivity contribution in [3.63, 3.8) is 0 Å². The van der Waals surface area contributed by atoms with Crippen molar-refractivity contribution < 1.29 is 27.8 Å². The fourth-order valence-electron chi connectivity index (χ4n) is 2.66. The molecule has 0 radical (unpaired) electrons. The lowest BCUT2D eigenvalue weighted by molar-refractivity contribution is -0.137. The number of fused-ring (bicyclic) bond motifs is 1. The Morgan fingerprint density at radius 3 is 2.72 bits per heavy atom. The molecule has 0 aliphatic carbocycles. The molecule has 154 valence electrons. The number of pyridine rings is 1. The molecule has 0 spiro atoms. The lowest BCUT2D eigenvalue weighted by atomic mass is 10.1. The molecule has 1 unspecified atom stereocenters. The minimum atomic E-state index is -4.51. The Morgan fingerprint density at radius 1 is 1.34 bits per heavy atom. The van der Waals surface area contributed by atoms with E-state index in [1.807, 2.05) is 0 Å². The molecule has 2 heterocycles. The van der Waals surface area contributed by atoms with Gasteiger partial charge in [-0.3, -0.25) is 0 Å². The number of nitrogens with one attached hydrogen (secondary N) is 1. The highest BCUT2D eigenvalue weighted by molar-refractivity contribution is 7.19. The lowest BCUT2D eigenvalue weighted by Crippen LogP contribution is -2.11. The number of carbonyl (C=O) groups is 1. The molecule has 2 aromatic heterocycles. The Bertz CT molecular complexity index is 1070. The van der Waals surface area contributed by atoms with Crippen LogP contribution in [-0.4, -0.2) is 22.7 Å². The molecule has 7 nitrogen and oxygen atoms in total. The van der Waals surface area contributed by atoms with Gasteiger partial charge in [0.15, 0.2) is 6.23 Å². The molecule has 3 aromatic rings. The number of hydrogen-bond donors (Lipinski definition) is 4. The summed E-state index contributed by atoms with van der Waals surface area (Å²) in [6.07, 6.45) is -5.91. The number of hydrogen-bond acceptors (Lipinski definition) is 8. The monoisotopic (exact) mass is 426 g/mol. The van der Waals surface area contributed by atoms with Gasteiger partial charge < -0.3 is 26.6 Å². The fraction of sp³-hybridized carbons (Fsp3) is 0.222. The van der Waals surface area contributed by atoms with E-state index in [0.29, 0.717) is 10.2 Å². The maximum atomic E-state index is 12.9. The maximum Gasteiger partial charge on any atom is 0.416 e. The second kappa shape index (κ2) is 7.76. The molecule has 11 heteroatoms. The summed E-state index contributed by atoms with van der Waals surface area (Å²) in [7, 11) is 0. The Kier molecular flexibility index (Phi) is 5.53. The van der Waals surface area contributed by atoms with Crippen LogP contribution >= 0.6 is 11.3 Å². The summed E-state index contributed by atoms with van der Waals surface area (Å²) < 4.78 is 43.5. The molecule has 1 aromatic carbocycles. The Morgan fingerprint density at radius 2 is 2.07 bits per heavy atom. The van der Waals surface area contributed by atoms with Gasteiger partial charge in [0.1, 0.15) is 16.2 Å². The number of ether oxygens (including phenoxy) is 1. The van der Waals surface area contributed by atoms with Crippen LogP contribution in [0.25, 0.3) is 10.2 Å². The van der Waals surface area contributed by atoms with E-state index in [2.05, 4.69) is 10.3 Å². The topological polar surface area (TPSA) is 123 Å². The van der Waals surface area contributed by atoms with E-state index in [-0.39, 0.29) is 34.2 Å². The number of esters is 1. The zero-order valence-corrected chi connectivity index (χ0v) is 15.9. The molecule has 6 N–H and O–H groups in total. The highest BCUT2D eigenvalue weighted by Gasteiger charge is 2.30. The van der Waals surface area contributed by atoms with Crippen LogP contribution in [0, 0.1) is 0 Å². The number of carbonyl (C=O) groups excluding carboxylic acids is 1. The average molecular weight is 426 g/mol. The fourth-order valence-corrected chi connectivity index (χ4v) is 3.68. The number of aliphatic hydroxyl groups is 1. The number of nitrogen functional groups attached to an aromatic ring is 2. The maximum absolute atomic E-state index is 12.9. The summed E-state index contributed by atoms with van der Waals surface area (Å²) in [5, 5.41) is 13.4. The third-order valence-electron chi connectivity index (χ3n) is 4.02. The smallest absolute Gasteiger partial charge is 0.416 e. The van der Waals surface area contributed by atoms with Crippen molar-refractivity contribution in [3.8, 4) is 0 Å². The zero-order valence-electron chi connectivity index (χ0n) is 15.1. The first-order valence-corrected chi connectivity index (χ1v) is 9.20.